The van der Waals surface area contributed by atoms with Gasteiger partial charge in [-0.3, -0.25) is 0 Å². The molecule has 0 N–H and O–H groups in total. The molecule has 8 aromatic carbocycles. The van der Waals surface area contributed by atoms with E-state index in [9.17, 15) is 0 Å². The van der Waals surface area contributed by atoms with Crippen LogP contribution in [0.1, 0.15) is 164 Å². The fourth-order valence-corrected chi connectivity index (χ4v) is 12.6. The van der Waals surface area contributed by atoms with Crippen molar-refractivity contribution in [1.29, 1.82) is 0 Å². The van der Waals surface area contributed by atoms with E-state index >= 15 is 0 Å². The number of hydrogen-bond donors (Lipinski definition) is 0. The maximum atomic E-state index is 2.71. The summed E-state index contributed by atoms with van der Waals surface area (Å²) in [7, 11) is 0. The van der Waals surface area contributed by atoms with Crippen molar-refractivity contribution in [2.45, 2.75) is 150 Å². The van der Waals surface area contributed by atoms with Crippen LogP contribution >= 0.6 is 0 Å². The lowest BCUT2D eigenvalue weighted by atomic mass is 9.43. The van der Waals surface area contributed by atoms with Crippen LogP contribution in [0.5, 0.6) is 0 Å². The smallest absolute Gasteiger partial charge is 0.333 e. The van der Waals surface area contributed by atoms with Crippen LogP contribution in [0.4, 0.5) is 28.4 Å². The molecule has 0 fully saturated rings. The zero-order chi connectivity index (χ0) is 51.0. The molecule has 2 nitrogen and oxygen atoms in total. The number of rotatable bonds is 5. The van der Waals surface area contributed by atoms with Crippen LogP contribution in [0.15, 0.2) is 152 Å². The van der Waals surface area contributed by atoms with Crippen molar-refractivity contribution in [3.8, 4) is 11.1 Å². The predicted octanol–water partition coefficient (Wildman–Crippen LogP) is 17.6. The molecule has 0 atom stereocenters. The normalized spacial score (nSPS) is 15.9. The molecule has 3 aliphatic rings. The highest BCUT2D eigenvalue weighted by Crippen LogP contribution is 2.53. The van der Waals surface area contributed by atoms with E-state index < -0.39 is 0 Å². The van der Waals surface area contributed by atoms with Gasteiger partial charge < -0.3 is 9.71 Å². The Morgan fingerprint density at radius 2 is 1.01 bits per heavy atom. The van der Waals surface area contributed by atoms with Gasteiger partial charge in [0.05, 0.1) is 0 Å². The van der Waals surface area contributed by atoms with Crippen molar-refractivity contribution in [2.24, 2.45) is 0 Å². The predicted molar refractivity (Wildman–Crippen MR) is 312 cm³/mol. The lowest BCUT2D eigenvalue weighted by Gasteiger charge is -2.47. The minimum atomic E-state index is -0.0985. The summed E-state index contributed by atoms with van der Waals surface area (Å²) in [5, 5.41) is 2.53. The van der Waals surface area contributed by atoms with Crippen molar-refractivity contribution in [3.05, 3.63) is 207 Å². The number of nitrogens with zero attached hydrogens (tertiary/aromatic N) is 2. The maximum absolute atomic E-state index is 2.71. The third kappa shape index (κ3) is 7.93. The average molecular weight is 943 g/mol. The summed E-state index contributed by atoms with van der Waals surface area (Å²) in [5.41, 5.74) is 25.3. The lowest BCUT2D eigenvalue weighted by Crippen LogP contribution is -2.61. The van der Waals surface area contributed by atoms with Gasteiger partial charge in [-0.25, -0.2) is 0 Å². The molecule has 11 rings (SSSR count). The fourth-order valence-electron chi connectivity index (χ4n) is 12.6. The lowest BCUT2D eigenvalue weighted by molar-refractivity contribution is 0.332. The van der Waals surface area contributed by atoms with Gasteiger partial charge in [0.15, 0.2) is 0 Å². The van der Waals surface area contributed by atoms with Crippen LogP contribution in [0.25, 0.3) is 21.9 Å². The number of aryl methyl sites for hydroxylation is 2. The van der Waals surface area contributed by atoms with Crippen molar-refractivity contribution in [1.82, 2.24) is 0 Å². The Bertz CT molecular complexity index is 3360. The summed E-state index contributed by atoms with van der Waals surface area (Å²) in [6.07, 6.45) is 2.35. The van der Waals surface area contributed by atoms with Crippen LogP contribution in [0.2, 0.25) is 0 Å². The average Bonchev–Trinajstić information content (AvgIpc) is 3.32. The van der Waals surface area contributed by atoms with Gasteiger partial charge in [-0.15, -0.1) is 0 Å². The zero-order valence-corrected chi connectivity index (χ0v) is 45.9. The third-order valence-electron chi connectivity index (χ3n) is 17.1. The van der Waals surface area contributed by atoms with E-state index in [1.54, 1.807) is 0 Å². The topological polar surface area (TPSA) is 6.48 Å². The van der Waals surface area contributed by atoms with E-state index in [0.29, 0.717) is 0 Å². The Kier molecular flexibility index (Phi) is 11.1. The largest absolute Gasteiger partial charge is 0.376 e. The summed E-state index contributed by atoms with van der Waals surface area (Å²) < 4.78 is 0. The van der Waals surface area contributed by atoms with Crippen LogP contribution in [0.3, 0.4) is 0 Å². The summed E-state index contributed by atoms with van der Waals surface area (Å²) in [4.78, 5) is 5.41. The van der Waals surface area contributed by atoms with Crippen LogP contribution in [-0.4, -0.2) is 6.85 Å². The Labute approximate surface area is 432 Å². The first-order valence-corrected chi connectivity index (χ1v) is 26.8. The Hall–Kier alpha value is -6.32. The fraction of sp³-hybridized carbons (Fsp3) is 0.333. The van der Waals surface area contributed by atoms with Crippen LogP contribution in [-0.2, 0) is 27.1 Å². The number of benzene rings is 8. The minimum Gasteiger partial charge on any atom is -0.376 e. The van der Waals surface area contributed by atoms with E-state index in [0.717, 1.165) is 6.42 Å². The van der Waals surface area contributed by atoms with Crippen molar-refractivity contribution in [2.75, 3.05) is 9.71 Å². The van der Waals surface area contributed by atoms with E-state index in [1.165, 1.54) is 123 Å². The van der Waals surface area contributed by atoms with Crippen LogP contribution in [0, 0.1) is 13.8 Å². The molecule has 0 unspecified atom stereocenters. The summed E-state index contributed by atoms with van der Waals surface area (Å²) in [6, 6.07) is 60.0. The van der Waals surface area contributed by atoms with Gasteiger partial charge in [0.2, 0.25) is 0 Å². The van der Waals surface area contributed by atoms with Gasteiger partial charge >= 0.3 is 6.85 Å². The monoisotopic (exact) mass is 943 g/mol. The standard InChI is InChI=1S/C69H75BN2/c1-43-38-55-54-34-24-45-18-16-17-19-53(45)64(54)72(52-32-30-51(31-33-52)67(9,10)11)70-58-35-25-48(62(46-20-26-49(27-21-46)65(3,4)5)47-22-28-50(29-23-47)66(6,7)8)41-60(58)71(61(39-43)63(55)70)59-42-57-56(40-44(59)2)68(12,13)36-37-69(57,14)15/h16-35,38-42,62H,36-37H2,1-15H3. The van der Waals surface area contributed by atoms with E-state index in [2.05, 4.69) is 265 Å². The molecule has 72 heavy (non-hydrogen) atoms. The second-order valence-corrected chi connectivity index (χ2v) is 26.3. The Morgan fingerprint density at radius 1 is 0.486 bits per heavy atom. The highest BCUT2D eigenvalue weighted by Gasteiger charge is 2.47. The highest BCUT2D eigenvalue weighted by atomic mass is 15.2. The molecule has 0 bridgehead atoms. The maximum Gasteiger partial charge on any atom is 0.333 e. The molecule has 364 valence electrons. The molecular weight excluding hydrogens is 868 g/mol. The molecule has 0 saturated carbocycles. The van der Waals surface area contributed by atoms with E-state index in [-0.39, 0.29) is 39.8 Å². The molecule has 0 spiro atoms. The van der Waals surface area contributed by atoms with Gasteiger partial charge in [0, 0.05) is 45.3 Å². The summed E-state index contributed by atoms with van der Waals surface area (Å²) >= 11 is 0. The summed E-state index contributed by atoms with van der Waals surface area (Å²) in [5.74, 6) is 0.0103. The quantitative estimate of drug-likeness (QED) is 0.125. The second-order valence-electron chi connectivity index (χ2n) is 26.3. The minimum absolute atomic E-state index is 0.0103. The van der Waals surface area contributed by atoms with E-state index in [1.807, 2.05) is 0 Å². The first kappa shape index (κ1) is 48.0. The summed E-state index contributed by atoms with van der Waals surface area (Å²) in [6.45, 7) is 35.2. The van der Waals surface area contributed by atoms with Gasteiger partial charge in [-0.05, 0) is 162 Å². The van der Waals surface area contributed by atoms with Gasteiger partial charge in [0.1, 0.15) is 0 Å². The second kappa shape index (κ2) is 16.6. The molecule has 8 aromatic rings. The first-order valence-electron chi connectivity index (χ1n) is 26.8. The van der Waals surface area contributed by atoms with Crippen LogP contribution < -0.4 is 20.6 Å². The number of fused-ring (bicyclic) bond motifs is 7. The molecule has 0 aromatic heterocycles. The zero-order valence-electron chi connectivity index (χ0n) is 45.9. The molecule has 2 heterocycles. The van der Waals surface area contributed by atoms with Crippen molar-refractivity contribution < 1.29 is 0 Å². The molecule has 0 radical (unpaired) electrons. The third-order valence-corrected chi connectivity index (χ3v) is 17.1. The Balaban J connectivity index is 1.23. The van der Waals surface area contributed by atoms with E-state index in [4.69, 9.17) is 0 Å². The van der Waals surface area contributed by atoms with Gasteiger partial charge in [0.25, 0.3) is 0 Å². The van der Waals surface area contributed by atoms with Crippen molar-refractivity contribution >= 4 is 57.0 Å². The molecule has 0 amide bonds. The molecule has 3 heteroatoms. The molecule has 0 saturated heterocycles. The van der Waals surface area contributed by atoms with Gasteiger partial charge in [-0.1, -0.05) is 211 Å². The van der Waals surface area contributed by atoms with Gasteiger partial charge in [-0.2, -0.15) is 0 Å². The highest BCUT2D eigenvalue weighted by molar-refractivity contribution is 6.93. The SMILES string of the molecule is Cc1cc2c3c(c1)N(c1cc4c(cc1C)C(C)(C)CCC4(C)C)c1cc(C(c4ccc(C(C)(C)C)cc4)c4ccc(C(C)(C)C)cc4)ccc1B3N(c1ccc(C(C)(C)C)cc1)c1c-2ccc2ccccc12. The number of hydrogen-bond acceptors (Lipinski definition) is 2. The Morgan fingerprint density at radius 3 is 1.58 bits per heavy atom. The molecular formula is C69H75BN2. The molecule has 1 aliphatic carbocycles. The molecule has 2 aliphatic heterocycles. The van der Waals surface area contributed by atoms with Crippen molar-refractivity contribution in [3.63, 3.8) is 0 Å². The number of anilines is 5. The first-order chi connectivity index (χ1) is 33.9.